The van der Waals surface area contributed by atoms with Crippen LogP contribution in [0, 0.1) is 0 Å². The number of nitrogens with two attached hydrogens (primary N) is 1. The van der Waals surface area contributed by atoms with E-state index >= 15 is 0 Å². The van der Waals surface area contributed by atoms with E-state index in [1.807, 2.05) is 12.1 Å². The Balaban J connectivity index is 1.99. The topological polar surface area (TPSA) is 55.1 Å². The second-order valence-corrected chi connectivity index (χ2v) is 6.20. The summed E-state index contributed by atoms with van der Waals surface area (Å²) in [6.07, 6.45) is 3.81. The van der Waals surface area contributed by atoms with Gasteiger partial charge in [0.1, 0.15) is 11.7 Å². The fourth-order valence-corrected chi connectivity index (χ4v) is 4.17. The minimum atomic E-state index is -0.347. The van der Waals surface area contributed by atoms with Gasteiger partial charge in [0.05, 0.1) is 12.6 Å². The van der Waals surface area contributed by atoms with Crippen LogP contribution in [0.1, 0.15) is 36.5 Å². The maximum Gasteiger partial charge on any atom is 0.248 e. The van der Waals surface area contributed by atoms with Gasteiger partial charge >= 0.3 is 0 Å². The number of likely N-dealkylation sites (tertiary alicyclic amines) is 1. The molecule has 0 aliphatic carbocycles. The molecule has 3 N–H and O–H groups in total. The van der Waals surface area contributed by atoms with E-state index in [0.29, 0.717) is 17.6 Å². The molecule has 3 rings (SSSR count). The first-order valence-electron chi connectivity index (χ1n) is 7.63. The molecule has 1 aromatic rings. The van der Waals surface area contributed by atoms with Crippen LogP contribution < -0.4 is 15.5 Å². The lowest BCUT2D eigenvalue weighted by Gasteiger charge is -2.43. The van der Waals surface area contributed by atoms with Crippen LogP contribution in [-0.4, -0.2) is 37.6 Å². The Morgan fingerprint density at radius 2 is 2.05 bits per heavy atom. The number of hydrogen-bond acceptors (Lipinski definition) is 2. The average molecular weight is 274 g/mol. The molecule has 0 bridgehead atoms. The highest BCUT2D eigenvalue weighted by Crippen LogP contribution is 2.39. The van der Waals surface area contributed by atoms with E-state index in [-0.39, 0.29) is 5.91 Å². The first-order chi connectivity index (χ1) is 9.64. The third kappa shape index (κ3) is 2.03. The predicted molar refractivity (Wildman–Crippen MR) is 81.6 cm³/mol. The van der Waals surface area contributed by atoms with Crippen LogP contribution in [0.4, 0.5) is 5.69 Å². The van der Waals surface area contributed by atoms with Crippen molar-refractivity contribution in [1.29, 1.82) is 0 Å². The molecule has 0 aromatic heterocycles. The van der Waals surface area contributed by atoms with Gasteiger partial charge in [-0.25, -0.2) is 0 Å². The van der Waals surface area contributed by atoms with Gasteiger partial charge in [-0.15, -0.1) is 0 Å². The molecule has 2 saturated heterocycles. The van der Waals surface area contributed by atoms with Crippen molar-refractivity contribution in [3.8, 4) is 0 Å². The van der Waals surface area contributed by atoms with Crippen molar-refractivity contribution < 1.29 is 4.79 Å². The van der Waals surface area contributed by atoms with Gasteiger partial charge in [0, 0.05) is 37.9 Å². The fraction of sp³-hybridized carbons (Fsp3) is 0.562. The number of nitrogens with zero attached hydrogens (tertiary/aromatic N) is 1. The Morgan fingerprint density at radius 1 is 1.30 bits per heavy atom. The first kappa shape index (κ1) is 13.6. The summed E-state index contributed by atoms with van der Waals surface area (Å²) in [5.74, 6) is -0.347. The number of amides is 1. The Labute approximate surface area is 120 Å². The van der Waals surface area contributed by atoms with Crippen LogP contribution >= 0.6 is 0 Å². The Kier molecular flexibility index (Phi) is 3.52. The van der Waals surface area contributed by atoms with E-state index in [1.54, 1.807) is 0 Å². The molecule has 2 aliphatic rings. The summed E-state index contributed by atoms with van der Waals surface area (Å²) in [5.41, 5.74) is 7.29. The summed E-state index contributed by atoms with van der Waals surface area (Å²) in [5, 5.41) is 3.50. The monoisotopic (exact) mass is 274 g/mol. The Bertz CT molecular complexity index is 493. The number of primary amides is 1. The minimum absolute atomic E-state index is 0.347. The summed E-state index contributed by atoms with van der Waals surface area (Å²) in [4.78, 5) is 11.2. The zero-order valence-electron chi connectivity index (χ0n) is 12.1. The quantitative estimate of drug-likeness (QED) is 0.823. The zero-order valence-corrected chi connectivity index (χ0v) is 12.1. The highest BCUT2D eigenvalue weighted by atomic mass is 16.1. The molecular weight excluding hydrogens is 250 g/mol. The van der Waals surface area contributed by atoms with Crippen LogP contribution in [0.25, 0.3) is 0 Å². The molecule has 0 radical (unpaired) electrons. The standard InChI is InChI=1S/C16H23N3O/c1-12-3-2-10-19(12,15-8-9-18-11-15)14-6-4-13(5-7-14)16(17)20/h4-7,12,15,18H,2-3,8-11H2,1H3,(H-,17,20)/p+1. The lowest BCUT2D eigenvalue weighted by atomic mass is 10.0. The van der Waals surface area contributed by atoms with E-state index in [9.17, 15) is 4.79 Å². The van der Waals surface area contributed by atoms with Crippen LogP contribution in [-0.2, 0) is 0 Å². The molecule has 2 heterocycles. The van der Waals surface area contributed by atoms with Crippen molar-refractivity contribution in [2.24, 2.45) is 5.73 Å². The van der Waals surface area contributed by atoms with E-state index in [0.717, 1.165) is 17.6 Å². The van der Waals surface area contributed by atoms with Crippen molar-refractivity contribution in [1.82, 2.24) is 9.80 Å². The van der Waals surface area contributed by atoms with Gasteiger partial charge in [-0.2, -0.15) is 0 Å². The molecular formula is C16H24N3O+. The lowest BCUT2D eigenvalue weighted by molar-refractivity contribution is 0.1000. The average Bonchev–Trinajstić information content (AvgIpc) is 3.08. The van der Waals surface area contributed by atoms with Gasteiger partial charge in [-0.3, -0.25) is 9.28 Å². The molecule has 2 aliphatic heterocycles. The normalized spacial score (nSPS) is 33.5. The van der Waals surface area contributed by atoms with Crippen LogP contribution in [0.2, 0.25) is 0 Å². The van der Waals surface area contributed by atoms with Crippen molar-refractivity contribution in [2.45, 2.75) is 38.3 Å². The number of carbonyl (C=O) groups is 1. The molecule has 2 fully saturated rings. The number of quaternary nitrogens is 1. The SMILES string of the molecule is CC1CCC[N+]1(c1ccc(C(N)=O)cc1)C1CCNC1. The van der Waals surface area contributed by atoms with Crippen molar-refractivity contribution in [3.63, 3.8) is 0 Å². The van der Waals surface area contributed by atoms with E-state index in [4.69, 9.17) is 5.73 Å². The number of rotatable bonds is 3. The molecule has 0 spiro atoms. The fourth-order valence-electron chi connectivity index (χ4n) is 4.17. The number of hydrogen-bond donors (Lipinski definition) is 2. The number of benzene rings is 1. The maximum absolute atomic E-state index is 11.2. The second-order valence-electron chi connectivity index (χ2n) is 6.20. The molecule has 1 aromatic carbocycles. The van der Waals surface area contributed by atoms with Crippen molar-refractivity contribution in [2.75, 3.05) is 19.6 Å². The van der Waals surface area contributed by atoms with Crippen LogP contribution in [0.5, 0.6) is 0 Å². The predicted octanol–water partition coefficient (Wildman–Crippen LogP) is 1.64. The van der Waals surface area contributed by atoms with Crippen molar-refractivity contribution >= 4 is 11.6 Å². The Morgan fingerprint density at radius 3 is 2.55 bits per heavy atom. The van der Waals surface area contributed by atoms with Gasteiger partial charge in [0.2, 0.25) is 5.91 Å². The third-order valence-corrected chi connectivity index (χ3v) is 5.25. The molecule has 4 nitrogen and oxygen atoms in total. The van der Waals surface area contributed by atoms with E-state index in [2.05, 4.69) is 24.4 Å². The summed E-state index contributed by atoms with van der Waals surface area (Å²) >= 11 is 0. The molecule has 3 unspecified atom stereocenters. The highest BCUT2D eigenvalue weighted by Gasteiger charge is 2.47. The van der Waals surface area contributed by atoms with Gasteiger partial charge < -0.3 is 11.1 Å². The molecule has 3 atom stereocenters. The lowest BCUT2D eigenvalue weighted by Crippen LogP contribution is -2.59. The first-order valence-corrected chi connectivity index (χ1v) is 7.63. The largest absolute Gasteiger partial charge is 0.366 e. The minimum Gasteiger partial charge on any atom is -0.366 e. The number of nitrogens with one attached hydrogen (secondary N) is 1. The summed E-state index contributed by atoms with van der Waals surface area (Å²) < 4.78 is 1.08. The van der Waals surface area contributed by atoms with Gasteiger partial charge in [-0.1, -0.05) is 0 Å². The number of carbonyl (C=O) groups excluding carboxylic acids is 1. The van der Waals surface area contributed by atoms with Gasteiger partial charge in [0.25, 0.3) is 0 Å². The smallest absolute Gasteiger partial charge is 0.248 e. The molecule has 4 heteroatoms. The molecule has 1 amide bonds. The highest BCUT2D eigenvalue weighted by molar-refractivity contribution is 5.93. The summed E-state index contributed by atoms with van der Waals surface area (Å²) in [6, 6.07) is 9.29. The van der Waals surface area contributed by atoms with Gasteiger partial charge in [-0.05, 0) is 31.2 Å². The molecule has 0 saturated carbocycles. The summed E-state index contributed by atoms with van der Waals surface area (Å²) in [6.45, 7) is 5.80. The molecule has 108 valence electrons. The van der Waals surface area contributed by atoms with Crippen LogP contribution in [0.3, 0.4) is 0 Å². The second kappa shape index (κ2) is 5.19. The molecule has 20 heavy (non-hydrogen) atoms. The van der Waals surface area contributed by atoms with Crippen molar-refractivity contribution in [3.05, 3.63) is 29.8 Å². The van der Waals surface area contributed by atoms with E-state index < -0.39 is 0 Å². The zero-order chi connectivity index (χ0) is 14.2. The summed E-state index contributed by atoms with van der Waals surface area (Å²) in [7, 11) is 0. The van der Waals surface area contributed by atoms with Gasteiger partial charge in [0.15, 0.2) is 0 Å². The van der Waals surface area contributed by atoms with Crippen LogP contribution in [0.15, 0.2) is 24.3 Å². The maximum atomic E-state index is 11.2. The Hall–Kier alpha value is -1.39. The van der Waals surface area contributed by atoms with E-state index in [1.165, 1.54) is 31.5 Å². The third-order valence-electron chi connectivity index (χ3n) is 5.25.